The number of oxazole rings is 1. The average molecular weight is 279 g/mol. The van der Waals surface area contributed by atoms with Crippen molar-refractivity contribution in [1.82, 2.24) is 4.98 Å². The third-order valence-electron chi connectivity index (χ3n) is 2.63. The second-order valence-electron chi connectivity index (χ2n) is 4.23. The fourth-order valence-electron chi connectivity index (χ4n) is 1.69. The number of hydrogen-bond acceptors (Lipinski definition) is 4. The van der Waals surface area contributed by atoms with Crippen molar-refractivity contribution >= 4 is 22.9 Å². The summed E-state index contributed by atoms with van der Waals surface area (Å²) in [5.41, 5.74) is 6.25. The van der Waals surface area contributed by atoms with Gasteiger partial charge in [0.1, 0.15) is 22.6 Å². The van der Waals surface area contributed by atoms with Gasteiger partial charge in [-0.2, -0.15) is 0 Å². The Hall–Kier alpha value is -1.95. The van der Waals surface area contributed by atoms with Gasteiger partial charge in [-0.15, -0.1) is 0 Å². The Labute approximate surface area is 115 Å². The Balaban J connectivity index is 2.15. The summed E-state index contributed by atoms with van der Waals surface area (Å²) in [6.45, 7) is 3.70. The van der Waals surface area contributed by atoms with E-state index in [2.05, 4.69) is 10.3 Å². The molecule has 0 saturated carbocycles. The van der Waals surface area contributed by atoms with E-state index in [-0.39, 0.29) is 16.6 Å². The maximum Gasteiger partial charge on any atom is 0.216 e. The summed E-state index contributed by atoms with van der Waals surface area (Å²) in [6, 6.07) is 4.45. The standard InChI is InChI=1S/C13H14FN3OS/c1-7-6-16-13(18-7)8(2)17-9-3-4-10(12(15)19)11(14)5-9/h3-6,8,17H,1-2H3,(H2,15,19). The van der Waals surface area contributed by atoms with Crippen molar-refractivity contribution in [3.05, 3.63) is 47.4 Å². The number of hydrogen-bond donors (Lipinski definition) is 2. The minimum absolute atomic E-state index is 0.0421. The number of aromatic nitrogens is 1. The van der Waals surface area contributed by atoms with E-state index < -0.39 is 5.82 Å². The van der Waals surface area contributed by atoms with Crippen molar-refractivity contribution in [1.29, 1.82) is 0 Å². The van der Waals surface area contributed by atoms with E-state index in [1.54, 1.807) is 18.3 Å². The predicted molar refractivity (Wildman–Crippen MR) is 75.6 cm³/mol. The monoisotopic (exact) mass is 279 g/mol. The molecule has 0 spiro atoms. The molecule has 1 unspecified atom stereocenters. The smallest absolute Gasteiger partial charge is 0.216 e. The van der Waals surface area contributed by atoms with Crippen LogP contribution in [0.1, 0.15) is 30.2 Å². The molecule has 0 aliphatic rings. The second kappa shape index (κ2) is 5.36. The van der Waals surface area contributed by atoms with Gasteiger partial charge < -0.3 is 15.5 Å². The second-order valence-corrected chi connectivity index (χ2v) is 4.67. The van der Waals surface area contributed by atoms with Crippen LogP contribution in [0.2, 0.25) is 0 Å². The lowest BCUT2D eigenvalue weighted by Gasteiger charge is -2.12. The molecule has 0 amide bonds. The van der Waals surface area contributed by atoms with E-state index in [9.17, 15) is 4.39 Å². The molecule has 1 aromatic heterocycles. The van der Waals surface area contributed by atoms with Crippen molar-refractivity contribution in [2.24, 2.45) is 5.73 Å². The highest BCUT2D eigenvalue weighted by atomic mass is 32.1. The zero-order chi connectivity index (χ0) is 14.0. The van der Waals surface area contributed by atoms with Crippen LogP contribution in [0, 0.1) is 12.7 Å². The van der Waals surface area contributed by atoms with Crippen LogP contribution >= 0.6 is 12.2 Å². The molecule has 6 heteroatoms. The van der Waals surface area contributed by atoms with Gasteiger partial charge in [-0.05, 0) is 32.0 Å². The molecule has 0 fully saturated rings. The minimum Gasteiger partial charge on any atom is -0.444 e. The van der Waals surface area contributed by atoms with E-state index in [4.69, 9.17) is 22.4 Å². The van der Waals surface area contributed by atoms with E-state index in [1.807, 2.05) is 13.8 Å². The van der Waals surface area contributed by atoms with E-state index in [1.165, 1.54) is 6.07 Å². The maximum atomic E-state index is 13.7. The molecule has 2 aromatic rings. The molecule has 2 rings (SSSR count). The molecule has 0 saturated heterocycles. The van der Waals surface area contributed by atoms with Gasteiger partial charge in [-0.3, -0.25) is 0 Å². The first-order valence-corrected chi connectivity index (χ1v) is 6.16. The lowest BCUT2D eigenvalue weighted by atomic mass is 10.2. The maximum absolute atomic E-state index is 13.7. The number of benzene rings is 1. The largest absolute Gasteiger partial charge is 0.444 e. The Bertz CT molecular complexity index is 612. The van der Waals surface area contributed by atoms with Crippen molar-refractivity contribution in [3.63, 3.8) is 0 Å². The zero-order valence-corrected chi connectivity index (χ0v) is 11.4. The van der Waals surface area contributed by atoms with Gasteiger partial charge in [0.05, 0.1) is 6.20 Å². The Kier molecular flexibility index (Phi) is 3.80. The summed E-state index contributed by atoms with van der Waals surface area (Å²) in [6.07, 6.45) is 1.64. The van der Waals surface area contributed by atoms with Crippen LogP contribution in [0.3, 0.4) is 0 Å². The quantitative estimate of drug-likeness (QED) is 0.842. The topological polar surface area (TPSA) is 64.1 Å². The van der Waals surface area contributed by atoms with Crippen LogP contribution in [0.5, 0.6) is 0 Å². The molecule has 0 aliphatic heterocycles. The summed E-state index contributed by atoms with van der Waals surface area (Å²) < 4.78 is 19.1. The Morgan fingerprint density at radius 3 is 2.79 bits per heavy atom. The molecule has 19 heavy (non-hydrogen) atoms. The molecule has 1 heterocycles. The molecule has 100 valence electrons. The van der Waals surface area contributed by atoms with E-state index in [0.29, 0.717) is 11.6 Å². The van der Waals surface area contributed by atoms with Gasteiger partial charge in [0, 0.05) is 11.3 Å². The number of halogens is 1. The van der Waals surface area contributed by atoms with E-state index >= 15 is 0 Å². The van der Waals surface area contributed by atoms with Crippen LogP contribution in [-0.2, 0) is 0 Å². The molecular formula is C13H14FN3OS. The summed E-state index contributed by atoms with van der Waals surface area (Å²) >= 11 is 4.75. The molecule has 4 nitrogen and oxygen atoms in total. The fourth-order valence-corrected chi connectivity index (χ4v) is 1.85. The van der Waals surface area contributed by atoms with Crippen molar-refractivity contribution < 1.29 is 8.81 Å². The summed E-state index contributed by atoms with van der Waals surface area (Å²) in [5, 5.41) is 3.10. The van der Waals surface area contributed by atoms with Crippen LogP contribution < -0.4 is 11.1 Å². The van der Waals surface area contributed by atoms with Crippen molar-refractivity contribution in [2.45, 2.75) is 19.9 Å². The van der Waals surface area contributed by atoms with Crippen molar-refractivity contribution in [2.75, 3.05) is 5.32 Å². The molecule has 3 N–H and O–H groups in total. The fraction of sp³-hybridized carbons (Fsp3) is 0.231. The molecule has 0 bridgehead atoms. The third kappa shape index (κ3) is 3.08. The van der Waals surface area contributed by atoms with Crippen LogP contribution in [0.15, 0.2) is 28.8 Å². The van der Waals surface area contributed by atoms with Gasteiger partial charge in [-0.25, -0.2) is 9.37 Å². The Morgan fingerprint density at radius 2 is 2.26 bits per heavy atom. The van der Waals surface area contributed by atoms with Gasteiger partial charge in [0.15, 0.2) is 0 Å². The first kappa shape index (κ1) is 13.5. The highest BCUT2D eigenvalue weighted by Gasteiger charge is 2.12. The zero-order valence-electron chi connectivity index (χ0n) is 10.6. The summed E-state index contributed by atoms with van der Waals surface area (Å²) in [4.78, 5) is 4.16. The summed E-state index contributed by atoms with van der Waals surface area (Å²) in [5.74, 6) is 0.836. The normalized spacial score (nSPS) is 12.2. The number of anilines is 1. The lowest BCUT2D eigenvalue weighted by molar-refractivity contribution is 0.453. The molecule has 1 aromatic carbocycles. The van der Waals surface area contributed by atoms with Gasteiger partial charge >= 0.3 is 0 Å². The molecule has 1 atom stereocenters. The number of nitrogens with one attached hydrogen (secondary N) is 1. The number of nitrogens with zero attached hydrogens (tertiary/aromatic N) is 1. The predicted octanol–water partition coefficient (Wildman–Crippen LogP) is 2.93. The lowest BCUT2D eigenvalue weighted by Crippen LogP contribution is -2.12. The van der Waals surface area contributed by atoms with Crippen LogP contribution in [0.4, 0.5) is 10.1 Å². The van der Waals surface area contributed by atoms with Crippen molar-refractivity contribution in [3.8, 4) is 0 Å². The van der Waals surface area contributed by atoms with E-state index in [0.717, 1.165) is 5.76 Å². The highest BCUT2D eigenvalue weighted by Crippen LogP contribution is 2.21. The SMILES string of the molecule is Cc1cnc(C(C)Nc2ccc(C(N)=S)c(F)c2)o1. The Morgan fingerprint density at radius 1 is 1.53 bits per heavy atom. The number of aryl methyl sites for hydroxylation is 1. The number of rotatable bonds is 4. The summed E-state index contributed by atoms with van der Waals surface area (Å²) in [7, 11) is 0. The molecular weight excluding hydrogens is 265 g/mol. The highest BCUT2D eigenvalue weighted by molar-refractivity contribution is 7.80. The van der Waals surface area contributed by atoms with Gasteiger partial charge in [0.2, 0.25) is 5.89 Å². The average Bonchev–Trinajstić information content (AvgIpc) is 2.75. The van der Waals surface area contributed by atoms with Crippen LogP contribution in [-0.4, -0.2) is 9.97 Å². The number of nitrogens with two attached hydrogens (primary N) is 1. The van der Waals surface area contributed by atoms with Gasteiger partial charge in [-0.1, -0.05) is 12.2 Å². The van der Waals surface area contributed by atoms with Crippen LogP contribution in [0.25, 0.3) is 0 Å². The molecule has 0 aliphatic carbocycles. The minimum atomic E-state index is -0.451. The first-order valence-electron chi connectivity index (χ1n) is 5.75. The third-order valence-corrected chi connectivity index (χ3v) is 2.85. The molecule has 0 radical (unpaired) electrons. The number of thiocarbonyl (C=S) groups is 1. The first-order chi connectivity index (χ1) is 8.97. The van der Waals surface area contributed by atoms with Gasteiger partial charge in [0.25, 0.3) is 0 Å².